The number of sulfonamides is 1. The number of hydrogen-bond donors (Lipinski definition) is 1. The molecule has 1 heterocycles. The smallest absolute Gasteiger partial charge is 0.342 e. The molecular formula is C35H34FNO8S. The molecule has 240 valence electrons. The van der Waals surface area contributed by atoms with Crippen LogP contribution in [-0.2, 0) is 35.4 Å². The number of halogens is 1. The van der Waals surface area contributed by atoms with Crippen molar-refractivity contribution in [3.8, 4) is 11.3 Å². The van der Waals surface area contributed by atoms with Gasteiger partial charge in [-0.15, -0.1) is 0 Å². The molecule has 46 heavy (non-hydrogen) atoms. The van der Waals surface area contributed by atoms with Gasteiger partial charge < -0.3 is 18.6 Å². The average Bonchev–Trinajstić information content (AvgIpc) is 3.38. The normalized spacial score (nSPS) is 13.7. The quantitative estimate of drug-likeness (QED) is 0.150. The van der Waals surface area contributed by atoms with E-state index in [4.69, 9.17) is 18.6 Å². The number of nitrogens with one attached hydrogen (secondary N) is 1. The van der Waals surface area contributed by atoms with E-state index >= 15 is 0 Å². The third-order valence-electron chi connectivity index (χ3n) is 7.75. The van der Waals surface area contributed by atoms with Crippen LogP contribution in [0, 0.1) is 5.82 Å². The van der Waals surface area contributed by atoms with Gasteiger partial charge in [0, 0.05) is 36.1 Å². The van der Waals surface area contributed by atoms with Gasteiger partial charge in [-0.3, -0.25) is 4.72 Å². The lowest BCUT2D eigenvalue weighted by Gasteiger charge is -2.29. The van der Waals surface area contributed by atoms with Gasteiger partial charge in [0.1, 0.15) is 28.8 Å². The predicted molar refractivity (Wildman–Crippen MR) is 174 cm³/mol. The number of fused-ring (bicyclic) bond motifs is 2. The van der Waals surface area contributed by atoms with Crippen molar-refractivity contribution in [2.24, 2.45) is 0 Å². The highest BCUT2D eigenvalue weighted by Gasteiger charge is 2.37. The summed E-state index contributed by atoms with van der Waals surface area (Å²) in [6.07, 6.45) is 0.182. The maximum Gasteiger partial charge on any atom is 0.342 e. The third kappa shape index (κ3) is 6.75. The van der Waals surface area contributed by atoms with Gasteiger partial charge in [0.2, 0.25) is 10.0 Å². The first-order chi connectivity index (χ1) is 21.8. The van der Waals surface area contributed by atoms with Crippen molar-refractivity contribution in [2.45, 2.75) is 38.9 Å². The molecule has 0 amide bonds. The highest BCUT2D eigenvalue weighted by atomic mass is 32.2. The van der Waals surface area contributed by atoms with E-state index in [1.807, 2.05) is 42.5 Å². The number of benzene rings is 4. The molecule has 5 rings (SSSR count). The second kappa shape index (κ2) is 12.9. The Morgan fingerprint density at radius 1 is 1.00 bits per heavy atom. The van der Waals surface area contributed by atoms with Crippen LogP contribution in [0.1, 0.15) is 48.4 Å². The minimum Gasteiger partial charge on any atom is -0.462 e. The van der Waals surface area contributed by atoms with Crippen LogP contribution < -0.4 is 4.72 Å². The Bertz CT molecular complexity index is 2030. The topological polar surface area (TPSA) is 121 Å². The number of ether oxygens (including phenoxy) is 3. The summed E-state index contributed by atoms with van der Waals surface area (Å²) in [7, 11) is -2.38. The molecule has 0 aliphatic rings. The molecule has 1 N–H and O–H groups in total. The van der Waals surface area contributed by atoms with Gasteiger partial charge in [-0.25, -0.2) is 22.4 Å². The van der Waals surface area contributed by atoms with Crippen LogP contribution in [0.25, 0.3) is 33.1 Å². The van der Waals surface area contributed by atoms with E-state index in [0.717, 1.165) is 22.6 Å². The molecule has 0 saturated carbocycles. The maximum atomic E-state index is 13.7. The van der Waals surface area contributed by atoms with Crippen molar-refractivity contribution < 1.29 is 41.0 Å². The fraction of sp³-hybridized carbons (Fsp3) is 0.257. The molecule has 4 aromatic carbocycles. The lowest BCUT2D eigenvalue weighted by Crippen LogP contribution is -2.41. The van der Waals surface area contributed by atoms with Gasteiger partial charge in [-0.1, -0.05) is 42.5 Å². The maximum absolute atomic E-state index is 13.7. The van der Waals surface area contributed by atoms with E-state index in [2.05, 4.69) is 4.72 Å². The summed E-state index contributed by atoms with van der Waals surface area (Å²) < 4.78 is 64.0. The SMILES string of the molecule is CCOC(=O)c1c(-c2ccc(F)cc2)oc2cc(NS(C)(=O)=O)c([C@@H](C)OC(=O)[C@](C)(Cc3cccc4ccccc34)OC)cc12. The van der Waals surface area contributed by atoms with Crippen LogP contribution >= 0.6 is 0 Å². The third-order valence-corrected chi connectivity index (χ3v) is 8.34. The summed E-state index contributed by atoms with van der Waals surface area (Å²) in [5.74, 6) is -1.73. The van der Waals surface area contributed by atoms with Crippen LogP contribution in [-0.4, -0.2) is 45.9 Å². The second-order valence-corrected chi connectivity index (χ2v) is 12.9. The summed E-state index contributed by atoms with van der Waals surface area (Å²) in [6.45, 7) is 4.96. The van der Waals surface area contributed by atoms with Crippen LogP contribution in [0.3, 0.4) is 0 Å². The molecule has 0 aliphatic carbocycles. The molecule has 0 bridgehead atoms. The largest absolute Gasteiger partial charge is 0.462 e. The Labute approximate surface area is 266 Å². The summed E-state index contributed by atoms with van der Waals surface area (Å²) in [5, 5.41) is 2.28. The number of anilines is 1. The summed E-state index contributed by atoms with van der Waals surface area (Å²) in [5.41, 5.74) is 0.460. The monoisotopic (exact) mass is 647 g/mol. The highest BCUT2D eigenvalue weighted by molar-refractivity contribution is 7.92. The molecule has 0 fully saturated rings. The number of esters is 2. The van der Waals surface area contributed by atoms with Crippen LogP contribution in [0.2, 0.25) is 0 Å². The number of carbonyl (C=O) groups excluding carboxylic acids is 2. The number of methoxy groups -OCH3 is 1. The van der Waals surface area contributed by atoms with Gasteiger partial charge >= 0.3 is 11.9 Å². The van der Waals surface area contributed by atoms with E-state index < -0.39 is 39.5 Å². The van der Waals surface area contributed by atoms with Crippen molar-refractivity contribution in [3.63, 3.8) is 0 Å². The van der Waals surface area contributed by atoms with Gasteiger partial charge in [-0.05, 0) is 67.4 Å². The first-order valence-corrected chi connectivity index (χ1v) is 16.5. The fourth-order valence-electron chi connectivity index (χ4n) is 5.38. The molecule has 0 unspecified atom stereocenters. The number of rotatable bonds is 11. The number of carbonyl (C=O) groups is 2. The van der Waals surface area contributed by atoms with Gasteiger partial charge in [-0.2, -0.15) is 0 Å². The molecule has 1 aromatic heterocycles. The standard InChI is InChI=1S/C35H34FNO8S/c1-6-43-33(38)31-28-18-27(29(37-46(5,40)41)19-30(28)45-32(31)23-14-16-25(36)17-15-23)21(2)44-34(39)35(3,42-4)20-24-12-9-11-22-10-7-8-13-26(22)24/h7-19,21,37H,6,20H2,1-5H3/t21-,35+/m1/s1. The van der Waals surface area contributed by atoms with Crippen molar-refractivity contribution >= 4 is 49.4 Å². The molecule has 0 spiro atoms. The summed E-state index contributed by atoms with van der Waals surface area (Å²) in [6, 6.07) is 21.9. The van der Waals surface area contributed by atoms with Crippen LogP contribution in [0.4, 0.5) is 10.1 Å². The average molecular weight is 648 g/mol. The van der Waals surface area contributed by atoms with E-state index in [-0.39, 0.29) is 41.2 Å². The number of hydrogen-bond acceptors (Lipinski definition) is 8. The Balaban J connectivity index is 1.57. The highest BCUT2D eigenvalue weighted by Crippen LogP contribution is 2.40. The molecule has 0 radical (unpaired) electrons. The molecule has 0 aliphatic heterocycles. The van der Waals surface area contributed by atoms with Crippen molar-refractivity contribution in [2.75, 3.05) is 24.7 Å². The zero-order valence-corrected chi connectivity index (χ0v) is 26.9. The minimum atomic E-state index is -3.80. The van der Waals surface area contributed by atoms with Gasteiger partial charge in [0.25, 0.3) is 0 Å². The van der Waals surface area contributed by atoms with E-state index in [9.17, 15) is 22.4 Å². The van der Waals surface area contributed by atoms with E-state index in [1.54, 1.807) is 20.8 Å². The second-order valence-electron chi connectivity index (χ2n) is 11.1. The first-order valence-electron chi connectivity index (χ1n) is 14.6. The zero-order chi connectivity index (χ0) is 33.2. The van der Waals surface area contributed by atoms with Crippen molar-refractivity contribution in [1.29, 1.82) is 0 Å². The molecule has 5 aromatic rings. The molecule has 2 atom stereocenters. The van der Waals surface area contributed by atoms with E-state index in [0.29, 0.717) is 10.9 Å². The van der Waals surface area contributed by atoms with Gasteiger partial charge in [0.05, 0.1) is 18.6 Å². The first kappa shape index (κ1) is 32.6. The predicted octanol–water partition coefficient (Wildman–Crippen LogP) is 7.19. The molecule has 0 saturated heterocycles. The Morgan fingerprint density at radius 2 is 1.70 bits per heavy atom. The fourth-order valence-corrected chi connectivity index (χ4v) is 5.96. The Hall–Kier alpha value is -4.74. The zero-order valence-electron chi connectivity index (χ0n) is 26.0. The van der Waals surface area contributed by atoms with Gasteiger partial charge in [0.15, 0.2) is 5.60 Å². The van der Waals surface area contributed by atoms with Crippen molar-refractivity contribution in [1.82, 2.24) is 0 Å². The number of furan rings is 1. The Kier molecular flexibility index (Phi) is 9.18. The Morgan fingerprint density at radius 3 is 2.37 bits per heavy atom. The summed E-state index contributed by atoms with van der Waals surface area (Å²) >= 11 is 0. The lowest BCUT2D eigenvalue weighted by atomic mass is 9.92. The lowest BCUT2D eigenvalue weighted by molar-refractivity contribution is -0.172. The van der Waals surface area contributed by atoms with Crippen LogP contribution in [0.5, 0.6) is 0 Å². The molecule has 11 heteroatoms. The van der Waals surface area contributed by atoms with E-state index in [1.165, 1.54) is 43.5 Å². The molecule has 9 nitrogen and oxygen atoms in total. The minimum absolute atomic E-state index is 0.0619. The summed E-state index contributed by atoms with van der Waals surface area (Å²) in [4.78, 5) is 27.0. The van der Waals surface area contributed by atoms with Crippen molar-refractivity contribution in [3.05, 3.63) is 101 Å². The molecular weight excluding hydrogens is 613 g/mol. The van der Waals surface area contributed by atoms with Crippen LogP contribution in [0.15, 0.2) is 83.3 Å².